The van der Waals surface area contributed by atoms with Gasteiger partial charge in [-0.1, -0.05) is 13.8 Å². The maximum atomic E-state index is 12.6. The first-order valence-electron chi connectivity index (χ1n) is 9.57. The number of rotatable bonds is 3. The minimum atomic E-state index is -1.32. The van der Waals surface area contributed by atoms with Crippen LogP contribution in [0, 0.1) is 10.8 Å². The van der Waals surface area contributed by atoms with Gasteiger partial charge in [-0.25, -0.2) is 9.97 Å². The van der Waals surface area contributed by atoms with E-state index < -0.39 is 5.60 Å². The predicted molar refractivity (Wildman–Crippen MR) is 104 cm³/mol. The van der Waals surface area contributed by atoms with Crippen molar-refractivity contribution in [2.75, 3.05) is 25.0 Å². The van der Waals surface area contributed by atoms with Crippen LogP contribution < -0.4 is 4.90 Å². The molecule has 1 saturated carbocycles. The molecule has 2 N–H and O–H groups in total. The Kier molecular flexibility index (Phi) is 3.83. The largest absolute Gasteiger partial charge is 0.381 e. The zero-order valence-electron chi connectivity index (χ0n) is 16.8. The summed E-state index contributed by atoms with van der Waals surface area (Å²) in [5.74, 6) is 0.775. The van der Waals surface area contributed by atoms with E-state index in [-0.39, 0.29) is 16.7 Å². The number of hydrogen-bond acceptors (Lipinski definition) is 5. The SMILES string of the molecule is CN(c1ncnc2[nH]ccc12)[C@@H]1C[C@@]2(C)CN(C(=O)C(C)(C)O)C[C@@]2(C)C1. The highest BCUT2D eigenvalue weighted by molar-refractivity contribution is 5.87. The normalized spacial score (nSPS) is 30.7. The van der Waals surface area contributed by atoms with E-state index >= 15 is 0 Å². The lowest BCUT2D eigenvalue weighted by molar-refractivity contribution is -0.147. The van der Waals surface area contributed by atoms with E-state index in [0.717, 1.165) is 29.7 Å². The highest BCUT2D eigenvalue weighted by Crippen LogP contribution is 2.58. The van der Waals surface area contributed by atoms with Crippen LogP contribution in [-0.4, -0.2) is 62.6 Å². The van der Waals surface area contributed by atoms with Gasteiger partial charge in [-0.05, 0) is 43.6 Å². The highest BCUT2D eigenvalue weighted by atomic mass is 16.3. The standard InChI is InChI=1S/C20H29N5O2/c1-18(2,27)17(26)25-10-19(3)8-13(9-20(19,4)11-25)24(5)16-14-6-7-21-15(14)22-12-23-16/h6-7,12-13,27H,8-11H2,1-5H3,(H,21,22,23)/t13-,19+,20-. The Bertz CT molecular complexity index is 868. The fraction of sp³-hybridized carbons (Fsp3) is 0.650. The van der Waals surface area contributed by atoms with Gasteiger partial charge in [0.1, 0.15) is 23.4 Å². The molecule has 4 rings (SSSR count). The molecule has 27 heavy (non-hydrogen) atoms. The van der Waals surface area contributed by atoms with Crippen LogP contribution in [0.1, 0.15) is 40.5 Å². The van der Waals surface area contributed by atoms with Crippen molar-refractivity contribution in [3.8, 4) is 0 Å². The first-order chi connectivity index (χ1) is 12.5. The second-order valence-electron chi connectivity index (χ2n) is 9.45. The van der Waals surface area contributed by atoms with Crippen molar-refractivity contribution in [1.82, 2.24) is 19.9 Å². The van der Waals surface area contributed by atoms with Gasteiger partial charge in [-0.2, -0.15) is 0 Å². The number of nitrogens with one attached hydrogen (secondary N) is 1. The maximum absolute atomic E-state index is 12.6. The number of likely N-dealkylation sites (tertiary alicyclic amines) is 1. The van der Waals surface area contributed by atoms with Gasteiger partial charge in [0.05, 0.1) is 5.39 Å². The molecule has 0 radical (unpaired) electrons. The van der Waals surface area contributed by atoms with Crippen LogP contribution in [0.25, 0.3) is 11.0 Å². The summed E-state index contributed by atoms with van der Waals surface area (Å²) in [6.07, 6.45) is 5.48. The van der Waals surface area contributed by atoms with E-state index in [4.69, 9.17) is 0 Å². The van der Waals surface area contributed by atoms with Crippen LogP contribution in [0.4, 0.5) is 5.82 Å². The third-order valence-electron chi connectivity index (χ3n) is 6.93. The lowest BCUT2D eigenvalue weighted by Crippen LogP contribution is -2.45. The molecule has 1 amide bonds. The van der Waals surface area contributed by atoms with Crippen LogP contribution in [0.2, 0.25) is 0 Å². The Labute approximate surface area is 159 Å². The fourth-order valence-electron chi connectivity index (χ4n) is 5.13. The molecule has 0 bridgehead atoms. The minimum absolute atomic E-state index is 0.0249. The molecule has 0 spiro atoms. The van der Waals surface area contributed by atoms with Crippen molar-refractivity contribution < 1.29 is 9.90 Å². The van der Waals surface area contributed by atoms with E-state index in [1.165, 1.54) is 0 Å². The number of anilines is 1. The fourth-order valence-corrected chi connectivity index (χ4v) is 5.13. The van der Waals surface area contributed by atoms with E-state index in [2.05, 4.69) is 40.7 Å². The molecule has 3 atom stereocenters. The van der Waals surface area contributed by atoms with Crippen LogP contribution in [0.5, 0.6) is 0 Å². The molecular formula is C20H29N5O2. The summed E-state index contributed by atoms with van der Waals surface area (Å²) >= 11 is 0. The lowest BCUT2D eigenvalue weighted by Gasteiger charge is -2.31. The average Bonchev–Trinajstić information content (AvgIpc) is 3.21. The van der Waals surface area contributed by atoms with E-state index in [0.29, 0.717) is 19.1 Å². The molecule has 2 fully saturated rings. The van der Waals surface area contributed by atoms with Crippen molar-refractivity contribution in [2.45, 2.75) is 52.2 Å². The summed E-state index contributed by atoms with van der Waals surface area (Å²) in [5, 5.41) is 11.2. The molecule has 146 valence electrons. The molecule has 3 heterocycles. The molecule has 7 heteroatoms. The first kappa shape index (κ1) is 18.2. The molecule has 1 saturated heterocycles. The molecule has 1 aliphatic carbocycles. The number of hydrogen-bond donors (Lipinski definition) is 2. The number of aromatic nitrogens is 3. The number of carbonyl (C=O) groups excluding carboxylic acids is 1. The Hall–Kier alpha value is -2.15. The number of carbonyl (C=O) groups is 1. The van der Waals surface area contributed by atoms with Crippen molar-refractivity contribution in [1.29, 1.82) is 0 Å². The Balaban J connectivity index is 1.57. The molecule has 2 aliphatic rings. The molecule has 0 unspecified atom stereocenters. The van der Waals surface area contributed by atoms with E-state index in [9.17, 15) is 9.90 Å². The number of nitrogens with zero attached hydrogens (tertiary/aromatic N) is 4. The predicted octanol–water partition coefficient (Wildman–Crippen LogP) is 2.18. The molecule has 1 aliphatic heterocycles. The van der Waals surface area contributed by atoms with E-state index in [1.807, 2.05) is 17.2 Å². The number of amides is 1. The first-order valence-corrected chi connectivity index (χ1v) is 9.57. The molecule has 0 aromatic carbocycles. The van der Waals surface area contributed by atoms with Gasteiger partial charge in [-0.3, -0.25) is 4.79 Å². The number of aliphatic hydroxyl groups is 1. The molecule has 2 aromatic heterocycles. The van der Waals surface area contributed by atoms with Gasteiger partial charge in [0.15, 0.2) is 0 Å². The zero-order chi connectivity index (χ0) is 19.6. The number of H-pyrrole nitrogens is 1. The zero-order valence-corrected chi connectivity index (χ0v) is 16.8. The third-order valence-corrected chi connectivity index (χ3v) is 6.93. The Morgan fingerprint density at radius 2 is 1.93 bits per heavy atom. The van der Waals surface area contributed by atoms with Crippen LogP contribution >= 0.6 is 0 Å². The van der Waals surface area contributed by atoms with Gasteiger partial charge >= 0.3 is 0 Å². The summed E-state index contributed by atoms with van der Waals surface area (Å²) in [7, 11) is 2.10. The van der Waals surface area contributed by atoms with Crippen molar-refractivity contribution in [3.63, 3.8) is 0 Å². The topological polar surface area (TPSA) is 85.4 Å². The highest BCUT2D eigenvalue weighted by Gasteiger charge is 2.60. The third kappa shape index (κ3) is 2.71. The second-order valence-corrected chi connectivity index (χ2v) is 9.45. The van der Waals surface area contributed by atoms with Gasteiger partial charge in [0.25, 0.3) is 5.91 Å². The van der Waals surface area contributed by atoms with Crippen LogP contribution in [0.3, 0.4) is 0 Å². The van der Waals surface area contributed by atoms with Crippen molar-refractivity contribution >= 4 is 22.8 Å². The van der Waals surface area contributed by atoms with Gasteiger partial charge < -0.3 is 19.9 Å². The lowest BCUT2D eigenvalue weighted by atomic mass is 9.71. The molecule has 7 nitrogen and oxygen atoms in total. The Morgan fingerprint density at radius 3 is 2.52 bits per heavy atom. The van der Waals surface area contributed by atoms with Gasteiger partial charge in [0.2, 0.25) is 0 Å². The summed E-state index contributed by atoms with van der Waals surface area (Å²) in [6, 6.07) is 2.37. The quantitative estimate of drug-likeness (QED) is 0.864. The second kappa shape index (κ2) is 5.67. The van der Waals surface area contributed by atoms with Gasteiger partial charge in [0, 0.05) is 32.4 Å². The molecule has 2 aromatic rings. The monoisotopic (exact) mass is 371 g/mol. The average molecular weight is 371 g/mol. The summed E-state index contributed by atoms with van der Waals surface area (Å²) in [5.41, 5.74) is -0.416. The summed E-state index contributed by atoms with van der Waals surface area (Å²) < 4.78 is 0. The van der Waals surface area contributed by atoms with Crippen LogP contribution in [-0.2, 0) is 4.79 Å². The van der Waals surface area contributed by atoms with Gasteiger partial charge in [-0.15, -0.1) is 0 Å². The van der Waals surface area contributed by atoms with Crippen molar-refractivity contribution in [3.05, 3.63) is 18.6 Å². The number of aromatic amines is 1. The minimum Gasteiger partial charge on any atom is -0.381 e. The smallest absolute Gasteiger partial charge is 0.253 e. The maximum Gasteiger partial charge on any atom is 0.253 e. The summed E-state index contributed by atoms with van der Waals surface area (Å²) in [4.78, 5) is 28.7. The number of fused-ring (bicyclic) bond motifs is 2. The Morgan fingerprint density at radius 1 is 1.30 bits per heavy atom. The molecular weight excluding hydrogens is 342 g/mol. The van der Waals surface area contributed by atoms with E-state index in [1.54, 1.807) is 20.2 Å². The summed E-state index contributed by atoms with van der Waals surface area (Å²) in [6.45, 7) is 9.10. The van der Waals surface area contributed by atoms with Crippen LogP contribution in [0.15, 0.2) is 18.6 Å². The van der Waals surface area contributed by atoms with Crippen molar-refractivity contribution in [2.24, 2.45) is 10.8 Å².